The zero-order chi connectivity index (χ0) is 16.7. The normalized spacial score (nSPS) is 28.7. The summed E-state index contributed by atoms with van der Waals surface area (Å²) in [5.74, 6) is -2.04. The van der Waals surface area contributed by atoms with Crippen LogP contribution in [0.15, 0.2) is 39.9 Å². The second-order valence-corrected chi connectivity index (χ2v) is 7.55. The third kappa shape index (κ3) is 2.82. The fourth-order valence-corrected chi connectivity index (χ4v) is 4.80. The molecule has 1 amide bonds. The lowest BCUT2D eigenvalue weighted by Crippen LogP contribution is -2.37. The number of fused-ring (bicyclic) bond motifs is 2. The first-order chi connectivity index (χ1) is 10.9. The van der Waals surface area contributed by atoms with Gasteiger partial charge in [-0.1, -0.05) is 33.1 Å². The van der Waals surface area contributed by atoms with E-state index in [-0.39, 0.29) is 17.7 Å². The maximum Gasteiger partial charge on any atom is 0.307 e. The molecule has 2 N–H and O–H groups in total. The quantitative estimate of drug-likeness (QED) is 0.779. The van der Waals surface area contributed by atoms with Crippen LogP contribution in [0.25, 0.3) is 0 Å². The molecule has 0 spiro atoms. The number of amides is 1. The van der Waals surface area contributed by atoms with Crippen molar-refractivity contribution in [2.24, 2.45) is 23.7 Å². The van der Waals surface area contributed by atoms with E-state index < -0.39 is 17.8 Å². The number of hydrogen-bond acceptors (Lipinski definition) is 2. The van der Waals surface area contributed by atoms with E-state index in [0.29, 0.717) is 5.69 Å². The van der Waals surface area contributed by atoms with E-state index in [0.717, 1.165) is 17.3 Å². The fraction of sp³-hybridized carbons (Fsp3) is 0.444. The lowest BCUT2D eigenvalue weighted by molar-refractivity contribution is -0.148. The fourth-order valence-electron chi connectivity index (χ4n) is 4.40. The molecule has 0 aliphatic heterocycles. The minimum Gasteiger partial charge on any atom is -0.481 e. The Morgan fingerprint density at radius 2 is 1.83 bits per heavy atom. The largest absolute Gasteiger partial charge is 0.481 e. The van der Waals surface area contributed by atoms with Crippen molar-refractivity contribution in [3.63, 3.8) is 0 Å². The Balaban J connectivity index is 1.90. The Bertz CT molecular complexity index is 693. The molecule has 0 unspecified atom stereocenters. The molecule has 23 heavy (non-hydrogen) atoms. The van der Waals surface area contributed by atoms with Crippen LogP contribution in [0.3, 0.4) is 0 Å². The molecule has 122 valence electrons. The van der Waals surface area contributed by atoms with Gasteiger partial charge in [-0.15, -0.1) is 0 Å². The third-order valence-electron chi connectivity index (χ3n) is 5.10. The Morgan fingerprint density at radius 1 is 1.17 bits per heavy atom. The lowest BCUT2D eigenvalue weighted by atomic mass is 9.78. The molecule has 1 aromatic carbocycles. The van der Waals surface area contributed by atoms with E-state index in [9.17, 15) is 14.7 Å². The van der Waals surface area contributed by atoms with Crippen LogP contribution in [0.4, 0.5) is 5.69 Å². The summed E-state index contributed by atoms with van der Waals surface area (Å²) in [4.78, 5) is 24.6. The maximum absolute atomic E-state index is 12.8. The number of carboxylic acid groups (broad SMARTS) is 1. The average molecular weight is 378 g/mol. The summed E-state index contributed by atoms with van der Waals surface area (Å²) in [5.41, 5.74) is 3.06. The predicted molar refractivity (Wildman–Crippen MR) is 92.0 cm³/mol. The summed E-state index contributed by atoms with van der Waals surface area (Å²) in [5, 5.41) is 12.6. The van der Waals surface area contributed by atoms with Crippen LogP contribution in [0.2, 0.25) is 0 Å². The first-order valence-electron chi connectivity index (χ1n) is 7.86. The molecule has 1 aromatic rings. The van der Waals surface area contributed by atoms with Gasteiger partial charge in [-0.05, 0) is 56.7 Å². The topological polar surface area (TPSA) is 66.4 Å². The summed E-state index contributed by atoms with van der Waals surface area (Å²) < 4.78 is 0.878. The molecule has 0 radical (unpaired) electrons. The van der Waals surface area contributed by atoms with Crippen LogP contribution in [0.5, 0.6) is 0 Å². The monoisotopic (exact) mass is 377 g/mol. The van der Waals surface area contributed by atoms with Crippen molar-refractivity contribution in [1.82, 2.24) is 0 Å². The number of rotatable bonds is 3. The highest BCUT2D eigenvalue weighted by atomic mass is 79.9. The zero-order valence-corrected chi connectivity index (χ0v) is 14.8. The summed E-state index contributed by atoms with van der Waals surface area (Å²) >= 11 is 3.38. The van der Waals surface area contributed by atoms with Gasteiger partial charge in [0.2, 0.25) is 5.91 Å². The molecule has 4 atom stereocenters. The van der Waals surface area contributed by atoms with Crippen molar-refractivity contribution in [3.05, 3.63) is 39.9 Å². The minimum absolute atomic E-state index is 0.0146. The van der Waals surface area contributed by atoms with Gasteiger partial charge in [0, 0.05) is 10.2 Å². The Kier molecular flexibility index (Phi) is 4.32. The van der Waals surface area contributed by atoms with Crippen LogP contribution < -0.4 is 5.32 Å². The smallest absolute Gasteiger partial charge is 0.307 e. The van der Waals surface area contributed by atoms with E-state index in [4.69, 9.17) is 0 Å². The summed E-state index contributed by atoms with van der Waals surface area (Å²) in [6.45, 7) is 4.04. The number of aliphatic carboxylic acids is 1. The Hall–Kier alpha value is -1.62. The molecule has 0 heterocycles. The molecular weight excluding hydrogens is 358 g/mol. The molecule has 4 nitrogen and oxygen atoms in total. The lowest BCUT2D eigenvalue weighted by Gasteiger charge is -2.26. The number of anilines is 1. The zero-order valence-electron chi connectivity index (χ0n) is 13.2. The highest BCUT2D eigenvalue weighted by Gasteiger charge is 2.57. The van der Waals surface area contributed by atoms with Gasteiger partial charge < -0.3 is 10.4 Å². The van der Waals surface area contributed by atoms with Gasteiger partial charge >= 0.3 is 5.97 Å². The first kappa shape index (κ1) is 16.2. The number of hydrogen-bond donors (Lipinski definition) is 2. The molecular formula is C18H20BrNO3. The summed E-state index contributed by atoms with van der Waals surface area (Å²) in [7, 11) is 0. The van der Waals surface area contributed by atoms with Crippen molar-refractivity contribution < 1.29 is 14.7 Å². The van der Waals surface area contributed by atoms with E-state index in [1.807, 2.05) is 38.1 Å². The van der Waals surface area contributed by atoms with Gasteiger partial charge in [0.1, 0.15) is 0 Å². The first-order valence-corrected chi connectivity index (χ1v) is 8.66. The van der Waals surface area contributed by atoms with Crippen molar-refractivity contribution in [2.75, 3.05) is 5.32 Å². The van der Waals surface area contributed by atoms with Crippen molar-refractivity contribution in [3.8, 4) is 0 Å². The molecule has 5 heteroatoms. The van der Waals surface area contributed by atoms with Crippen LogP contribution in [-0.2, 0) is 9.59 Å². The van der Waals surface area contributed by atoms with E-state index >= 15 is 0 Å². The second kappa shape index (κ2) is 6.11. The van der Waals surface area contributed by atoms with Crippen LogP contribution in [-0.4, -0.2) is 17.0 Å². The van der Waals surface area contributed by atoms with Gasteiger partial charge in [-0.3, -0.25) is 9.59 Å². The van der Waals surface area contributed by atoms with Crippen molar-refractivity contribution >= 4 is 33.5 Å². The molecule has 2 aliphatic carbocycles. The average Bonchev–Trinajstić information content (AvgIpc) is 3.02. The number of halogens is 1. The van der Waals surface area contributed by atoms with Gasteiger partial charge in [0.15, 0.2) is 0 Å². The van der Waals surface area contributed by atoms with Crippen molar-refractivity contribution in [1.29, 1.82) is 0 Å². The van der Waals surface area contributed by atoms with Gasteiger partial charge in [-0.2, -0.15) is 0 Å². The predicted octanol–water partition coefficient (Wildman–Crippen LogP) is 4.08. The Labute approximate surface area is 144 Å². The summed E-state index contributed by atoms with van der Waals surface area (Å²) in [6.07, 6.45) is 1.79. The second-order valence-electron chi connectivity index (χ2n) is 6.64. The van der Waals surface area contributed by atoms with Crippen LogP contribution in [0, 0.1) is 23.7 Å². The molecule has 0 saturated heterocycles. The highest BCUT2D eigenvalue weighted by Crippen LogP contribution is 2.57. The van der Waals surface area contributed by atoms with Crippen LogP contribution >= 0.6 is 15.9 Å². The molecule has 2 saturated carbocycles. The highest BCUT2D eigenvalue weighted by molar-refractivity contribution is 9.10. The SMILES string of the molecule is CC(C)=C1[C@H]2CC[C@@H]1[C@@H](C(=O)O)[C@@H]2C(=O)Nc1cccc(Br)c1. The number of benzene rings is 1. The van der Waals surface area contributed by atoms with E-state index in [2.05, 4.69) is 21.2 Å². The molecule has 2 bridgehead atoms. The van der Waals surface area contributed by atoms with E-state index in [1.54, 1.807) is 0 Å². The summed E-state index contributed by atoms with van der Waals surface area (Å²) in [6, 6.07) is 7.36. The number of carboxylic acids is 1. The van der Waals surface area contributed by atoms with Crippen molar-refractivity contribution in [2.45, 2.75) is 26.7 Å². The molecule has 3 rings (SSSR count). The van der Waals surface area contributed by atoms with Gasteiger partial charge in [-0.25, -0.2) is 0 Å². The number of carbonyl (C=O) groups is 2. The van der Waals surface area contributed by atoms with E-state index in [1.165, 1.54) is 11.1 Å². The Morgan fingerprint density at radius 3 is 2.39 bits per heavy atom. The maximum atomic E-state index is 12.8. The number of carbonyl (C=O) groups excluding carboxylic acids is 1. The third-order valence-corrected chi connectivity index (χ3v) is 5.59. The van der Waals surface area contributed by atoms with Gasteiger partial charge in [0.25, 0.3) is 0 Å². The number of allylic oxidation sites excluding steroid dienone is 2. The number of nitrogens with one attached hydrogen (secondary N) is 1. The molecule has 0 aromatic heterocycles. The minimum atomic E-state index is -0.856. The molecule has 2 fully saturated rings. The standard InChI is InChI=1S/C18H20BrNO3/c1-9(2)14-12-6-7-13(14)16(18(22)23)15(12)17(21)20-11-5-3-4-10(19)8-11/h3-5,8,12-13,15-16H,6-7H2,1-2H3,(H,20,21)(H,22,23)/t12-,13+,15-,16-/m1/s1. The van der Waals surface area contributed by atoms with Crippen LogP contribution in [0.1, 0.15) is 26.7 Å². The van der Waals surface area contributed by atoms with Gasteiger partial charge in [0.05, 0.1) is 11.8 Å². The molecule has 2 aliphatic rings.